The minimum Gasteiger partial charge on any atom is -0.508 e. The maximum Gasteiger partial charge on any atom is 0.175 e. The number of fused-ring (bicyclic) bond motifs is 2. The van der Waals surface area contributed by atoms with E-state index in [1.165, 1.54) is 12.1 Å². The number of rotatable bonds is 1. The van der Waals surface area contributed by atoms with Crippen LogP contribution in [0.2, 0.25) is 0 Å². The molecule has 1 aliphatic rings. The molecular weight excluding hydrogens is 309 g/mol. The van der Waals surface area contributed by atoms with E-state index in [2.05, 4.69) is 5.32 Å². The normalized spacial score (nSPS) is 14.4. The second kappa shape index (κ2) is 4.90. The van der Waals surface area contributed by atoms with Gasteiger partial charge in [-0.15, -0.1) is 0 Å². The van der Waals surface area contributed by atoms with Gasteiger partial charge in [-0.2, -0.15) is 0 Å². The Hall–Kier alpha value is -2.71. The van der Waals surface area contributed by atoms with Crippen LogP contribution in [-0.2, 0) is 4.57 Å². The predicted molar refractivity (Wildman–Crippen MR) is 92.4 cm³/mol. The van der Waals surface area contributed by atoms with Crippen LogP contribution >= 0.6 is 7.14 Å². The largest absolute Gasteiger partial charge is 0.508 e. The van der Waals surface area contributed by atoms with E-state index in [9.17, 15) is 14.8 Å². The Morgan fingerprint density at radius 3 is 1.78 bits per heavy atom. The molecule has 3 aromatic rings. The standard InChI is InChI=1S/C18H14NO3P/c20-12-6-8-15-17(10-12)23(22,14-4-2-1-3-5-14)18-11-13(21)7-9-16(18)19-15/h1-11,19-21H. The zero-order chi connectivity index (χ0) is 16.0. The zero-order valence-electron chi connectivity index (χ0n) is 12.1. The molecule has 4 rings (SSSR count). The third-order valence-electron chi connectivity index (χ3n) is 4.03. The van der Waals surface area contributed by atoms with Crippen LogP contribution in [0.1, 0.15) is 0 Å². The number of nitrogens with one attached hydrogen (secondary N) is 1. The van der Waals surface area contributed by atoms with Crippen molar-refractivity contribution in [2.75, 3.05) is 5.32 Å². The van der Waals surface area contributed by atoms with Crippen LogP contribution in [0.25, 0.3) is 0 Å². The van der Waals surface area contributed by atoms with E-state index < -0.39 is 7.14 Å². The number of hydrogen-bond donors (Lipinski definition) is 3. The quantitative estimate of drug-likeness (QED) is 0.372. The molecule has 0 aliphatic carbocycles. The summed E-state index contributed by atoms with van der Waals surface area (Å²) >= 11 is 0. The molecule has 0 saturated heterocycles. The number of anilines is 2. The third kappa shape index (κ3) is 2.03. The molecule has 5 heteroatoms. The van der Waals surface area contributed by atoms with Gasteiger partial charge in [-0.1, -0.05) is 30.3 Å². The number of hydrogen-bond acceptors (Lipinski definition) is 4. The Balaban J connectivity index is 2.10. The summed E-state index contributed by atoms with van der Waals surface area (Å²) < 4.78 is 14.1. The lowest BCUT2D eigenvalue weighted by molar-refractivity contribution is 0.475. The summed E-state index contributed by atoms with van der Waals surface area (Å²) in [6, 6.07) is 18.8. The predicted octanol–water partition coefficient (Wildman–Crippen LogP) is 2.79. The Kier molecular flexibility index (Phi) is 2.97. The van der Waals surface area contributed by atoms with Crippen molar-refractivity contribution in [1.29, 1.82) is 0 Å². The third-order valence-corrected chi connectivity index (χ3v) is 7.15. The second-order valence-corrected chi connectivity index (χ2v) is 8.17. The highest BCUT2D eigenvalue weighted by molar-refractivity contribution is 7.86. The molecule has 0 aromatic heterocycles. The SMILES string of the molecule is O=P1(c2ccccc2)c2cc(O)ccc2Nc2ccc(O)cc21. The van der Waals surface area contributed by atoms with Crippen LogP contribution in [0.15, 0.2) is 66.7 Å². The van der Waals surface area contributed by atoms with Gasteiger partial charge in [0.2, 0.25) is 0 Å². The van der Waals surface area contributed by atoms with Crippen LogP contribution in [0.3, 0.4) is 0 Å². The molecule has 114 valence electrons. The Labute approximate surface area is 133 Å². The topological polar surface area (TPSA) is 69.6 Å². The zero-order valence-corrected chi connectivity index (χ0v) is 13.0. The van der Waals surface area contributed by atoms with Gasteiger partial charge in [0.1, 0.15) is 11.5 Å². The van der Waals surface area contributed by atoms with Crippen LogP contribution in [-0.4, -0.2) is 10.2 Å². The minimum atomic E-state index is -3.18. The molecule has 3 aromatic carbocycles. The number of phenolic OH excluding ortho intramolecular Hbond substituents is 2. The fraction of sp³-hybridized carbons (Fsp3) is 0. The van der Waals surface area contributed by atoms with Gasteiger partial charge in [0.15, 0.2) is 7.14 Å². The summed E-state index contributed by atoms with van der Waals surface area (Å²) in [6.45, 7) is 0. The molecule has 0 radical (unpaired) electrons. The average molecular weight is 323 g/mol. The molecule has 0 atom stereocenters. The highest BCUT2D eigenvalue weighted by Gasteiger charge is 2.38. The van der Waals surface area contributed by atoms with Crippen molar-refractivity contribution in [3.63, 3.8) is 0 Å². The lowest BCUT2D eigenvalue weighted by Gasteiger charge is -2.30. The molecule has 0 unspecified atom stereocenters. The van der Waals surface area contributed by atoms with Crippen molar-refractivity contribution >= 4 is 34.4 Å². The van der Waals surface area contributed by atoms with E-state index >= 15 is 0 Å². The number of phenols is 2. The van der Waals surface area contributed by atoms with Gasteiger partial charge >= 0.3 is 0 Å². The maximum atomic E-state index is 14.1. The van der Waals surface area contributed by atoms with E-state index in [1.807, 2.05) is 30.3 Å². The molecule has 0 amide bonds. The van der Waals surface area contributed by atoms with Gasteiger partial charge < -0.3 is 20.1 Å². The molecule has 1 aliphatic heterocycles. The smallest absolute Gasteiger partial charge is 0.175 e. The summed E-state index contributed by atoms with van der Waals surface area (Å²) in [6.07, 6.45) is 0. The van der Waals surface area contributed by atoms with Crippen LogP contribution in [0, 0.1) is 0 Å². The fourth-order valence-corrected chi connectivity index (χ4v) is 5.94. The highest BCUT2D eigenvalue weighted by atomic mass is 31.2. The lowest BCUT2D eigenvalue weighted by atomic mass is 10.2. The Morgan fingerprint density at radius 2 is 1.26 bits per heavy atom. The van der Waals surface area contributed by atoms with Gasteiger partial charge in [0.05, 0.1) is 11.4 Å². The molecule has 3 N–H and O–H groups in total. The Morgan fingerprint density at radius 1 is 0.739 bits per heavy atom. The molecular formula is C18H14NO3P. The number of aromatic hydroxyl groups is 2. The molecule has 0 spiro atoms. The second-order valence-electron chi connectivity index (χ2n) is 5.47. The molecule has 0 bridgehead atoms. The fourth-order valence-electron chi connectivity index (χ4n) is 2.96. The summed E-state index contributed by atoms with van der Waals surface area (Å²) in [5.74, 6) is 0.121. The van der Waals surface area contributed by atoms with E-state index in [1.54, 1.807) is 24.3 Å². The molecule has 23 heavy (non-hydrogen) atoms. The first-order valence-corrected chi connectivity index (χ1v) is 8.89. The van der Waals surface area contributed by atoms with E-state index in [0.717, 1.165) is 0 Å². The van der Waals surface area contributed by atoms with Crippen molar-refractivity contribution in [2.45, 2.75) is 0 Å². The maximum absolute atomic E-state index is 14.1. The lowest BCUT2D eigenvalue weighted by Crippen LogP contribution is -2.32. The van der Waals surface area contributed by atoms with Gasteiger partial charge in [-0.05, 0) is 36.4 Å². The van der Waals surface area contributed by atoms with E-state index in [4.69, 9.17) is 0 Å². The molecule has 0 saturated carbocycles. The molecule has 1 heterocycles. The highest BCUT2D eigenvalue weighted by Crippen LogP contribution is 2.50. The van der Waals surface area contributed by atoms with E-state index in [0.29, 0.717) is 27.3 Å². The molecule has 0 fully saturated rings. The van der Waals surface area contributed by atoms with Crippen molar-refractivity contribution in [1.82, 2.24) is 0 Å². The van der Waals surface area contributed by atoms with Gasteiger partial charge in [-0.25, -0.2) is 0 Å². The summed E-state index contributed by atoms with van der Waals surface area (Å²) in [4.78, 5) is 0. The Bertz CT molecular complexity index is 898. The number of benzene rings is 3. The molecule has 4 nitrogen and oxygen atoms in total. The first-order valence-electron chi connectivity index (χ1n) is 7.19. The van der Waals surface area contributed by atoms with Crippen LogP contribution in [0.4, 0.5) is 11.4 Å². The van der Waals surface area contributed by atoms with Crippen molar-refractivity contribution < 1.29 is 14.8 Å². The van der Waals surface area contributed by atoms with Gasteiger partial charge in [0, 0.05) is 15.9 Å². The average Bonchev–Trinajstić information content (AvgIpc) is 2.57. The summed E-state index contributed by atoms with van der Waals surface area (Å²) in [7, 11) is -3.18. The van der Waals surface area contributed by atoms with Crippen LogP contribution < -0.4 is 21.2 Å². The van der Waals surface area contributed by atoms with Gasteiger partial charge in [0.25, 0.3) is 0 Å². The first kappa shape index (κ1) is 13.9. The first-order chi connectivity index (χ1) is 11.1. The van der Waals surface area contributed by atoms with Crippen molar-refractivity contribution in [3.8, 4) is 11.5 Å². The van der Waals surface area contributed by atoms with E-state index in [-0.39, 0.29) is 11.5 Å². The monoisotopic (exact) mass is 323 g/mol. The van der Waals surface area contributed by atoms with Gasteiger partial charge in [-0.3, -0.25) is 0 Å². The minimum absolute atomic E-state index is 0.0605. The van der Waals surface area contributed by atoms with Crippen molar-refractivity contribution in [2.24, 2.45) is 0 Å². The summed E-state index contributed by atoms with van der Waals surface area (Å²) in [5, 5.41) is 24.7. The summed E-state index contributed by atoms with van der Waals surface area (Å²) in [5.41, 5.74) is 1.40. The van der Waals surface area contributed by atoms with Crippen LogP contribution in [0.5, 0.6) is 11.5 Å². The van der Waals surface area contributed by atoms with Crippen molar-refractivity contribution in [3.05, 3.63) is 66.7 Å².